The molecule has 0 aliphatic heterocycles. The number of esters is 1. The standard InChI is InChI=1S/C28H49NO3S2/c1-4-7-8-9-10-11-12-13-14-15-22-33-26-17-23-34-28(26)25(30)24-27(31)32-21-16-20-29(18-5-2)19-6-3/h17,23H,4-16,18-22,24H2,1-3H3. The first-order chi connectivity index (χ1) is 16.6. The summed E-state index contributed by atoms with van der Waals surface area (Å²) in [5.41, 5.74) is 0. The first kappa shape index (κ1) is 31.2. The van der Waals surface area contributed by atoms with Crippen molar-refractivity contribution in [2.75, 3.05) is 32.0 Å². The van der Waals surface area contributed by atoms with Crippen molar-refractivity contribution in [3.63, 3.8) is 0 Å². The molecule has 1 aromatic heterocycles. The van der Waals surface area contributed by atoms with Crippen molar-refractivity contribution in [2.24, 2.45) is 0 Å². The van der Waals surface area contributed by atoms with E-state index in [2.05, 4.69) is 25.7 Å². The molecular weight excluding hydrogens is 462 g/mol. The second-order valence-electron chi connectivity index (χ2n) is 9.16. The van der Waals surface area contributed by atoms with Gasteiger partial charge in [-0.1, -0.05) is 78.6 Å². The highest BCUT2D eigenvalue weighted by molar-refractivity contribution is 7.99. The van der Waals surface area contributed by atoms with E-state index in [4.69, 9.17) is 4.74 Å². The van der Waals surface area contributed by atoms with Gasteiger partial charge in [0.2, 0.25) is 0 Å². The molecule has 0 aromatic carbocycles. The van der Waals surface area contributed by atoms with Gasteiger partial charge in [-0.05, 0) is 56.0 Å². The Morgan fingerprint density at radius 3 is 2.06 bits per heavy atom. The molecule has 1 heterocycles. The number of unbranched alkanes of at least 4 members (excludes halogenated alkanes) is 9. The third kappa shape index (κ3) is 15.2. The van der Waals surface area contributed by atoms with E-state index in [0.29, 0.717) is 11.5 Å². The monoisotopic (exact) mass is 511 g/mol. The quantitative estimate of drug-likeness (QED) is 0.0485. The maximum absolute atomic E-state index is 12.6. The van der Waals surface area contributed by atoms with Gasteiger partial charge in [-0.3, -0.25) is 9.59 Å². The molecule has 0 aliphatic rings. The van der Waals surface area contributed by atoms with E-state index in [1.54, 1.807) is 11.8 Å². The second-order valence-corrected chi connectivity index (χ2v) is 11.2. The molecule has 0 amide bonds. The Hall–Kier alpha value is -0.850. The minimum absolute atomic E-state index is 0.107. The fraction of sp³-hybridized carbons (Fsp3) is 0.786. The second kappa shape index (κ2) is 21.4. The molecule has 0 unspecified atom stereocenters. The smallest absolute Gasteiger partial charge is 0.313 e. The van der Waals surface area contributed by atoms with Crippen molar-refractivity contribution >= 4 is 34.9 Å². The van der Waals surface area contributed by atoms with Crippen molar-refractivity contribution in [1.29, 1.82) is 0 Å². The molecular formula is C28H49NO3S2. The third-order valence-corrected chi connectivity index (χ3v) is 8.13. The number of carbonyl (C=O) groups excluding carboxylic acids is 2. The molecule has 0 saturated carbocycles. The van der Waals surface area contributed by atoms with Crippen molar-refractivity contribution < 1.29 is 14.3 Å². The number of hydrogen-bond donors (Lipinski definition) is 0. The Labute approximate surface area is 217 Å². The Morgan fingerprint density at radius 2 is 1.44 bits per heavy atom. The predicted octanol–water partition coefficient (Wildman–Crippen LogP) is 8.39. The van der Waals surface area contributed by atoms with Crippen LogP contribution in [0.25, 0.3) is 0 Å². The van der Waals surface area contributed by atoms with E-state index in [1.807, 2.05) is 11.4 Å². The summed E-state index contributed by atoms with van der Waals surface area (Å²) < 4.78 is 5.34. The molecule has 196 valence electrons. The summed E-state index contributed by atoms with van der Waals surface area (Å²) in [5.74, 6) is 0.523. The maximum atomic E-state index is 12.6. The molecule has 4 nitrogen and oxygen atoms in total. The Morgan fingerprint density at radius 1 is 0.824 bits per heavy atom. The minimum Gasteiger partial charge on any atom is -0.465 e. The highest BCUT2D eigenvalue weighted by Gasteiger charge is 2.18. The van der Waals surface area contributed by atoms with Gasteiger partial charge in [0.1, 0.15) is 6.42 Å². The van der Waals surface area contributed by atoms with E-state index in [1.165, 1.54) is 75.5 Å². The van der Waals surface area contributed by atoms with Crippen LogP contribution in [0, 0.1) is 0 Å². The van der Waals surface area contributed by atoms with Gasteiger partial charge in [0.15, 0.2) is 5.78 Å². The average Bonchev–Trinajstić information content (AvgIpc) is 3.29. The Balaban J connectivity index is 2.18. The van der Waals surface area contributed by atoms with Gasteiger partial charge in [-0.2, -0.15) is 0 Å². The van der Waals surface area contributed by atoms with E-state index < -0.39 is 5.97 Å². The van der Waals surface area contributed by atoms with E-state index in [9.17, 15) is 9.59 Å². The zero-order valence-corrected chi connectivity index (χ0v) is 23.7. The van der Waals surface area contributed by atoms with Crippen LogP contribution in [0.15, 0.2) is 16.3 Å². The van der Waals surface area contributed by atoms with E-state index in [0.717, 1.165) is 49.5 Å². The summed E-state index contributed by atoms with van der Waals surface area (Å²) in [6, 6.07) is 2.01. The van der Waals surface area contributed by atoms with Crippen LogP contribution >= 0.6 is 23.1 Å². The molecule has 6 heteroatoms. The lowest BCUT2D eigenvalue weighted by Gasteiger charge is -2.20. The number of hydrogen-bond acceptors (Lipinski definition) is 6. The fourth-order valence-electron chi connectivity index (χ4n) is 4.09. The van der Waals surface area contributed by atoms with Crippen LogP contribution in [-0.2, 0) is 9.53 Å². The van der Waals surface area contributed by atoms with Crippen LogP contribution in [0.2, 0.25) is 0 Å². The topological polar surface area (TPSA) is 46.6 Å². The Kier molecular flexibility index (Phi) is 19.7. The largest absolute Gasteiger partial charge is 0.465 e. The van der Waals surface area contributed by atoms with Gasteiger partial charge < -0.3 is 9.64 Å². The molecule has 0 atom stereocenters. The summed E-state index contributed by atoms with van der Waals surface area (Å²) in [5, 5.41) is 1.95. The first-order valence-corrected chi connectivity index (χ1v) is 15.6. The number of thioether (sulfide) groups is 1. The van der Waals surface area contributed by atoms with Crippen LogP contribution < -0.4 is 0 Å². The summed E-state index contributed by atoms with van der Waals surface area (Å²) in [6.45, 7) is 10.1. The van der Waals surface area contributed by atoms with E-state index in [-0.39, 0.29) is 12.2 Å². The minimum atomic E-state index is -0.401. The zero-order valence-electron chi connectivity index (χ0n) is 22.1. The number of nitrogens with zero attached hydrogens (tertiary/aromatic N) is 1. The molecule has 0 aliphatic carbocycles. The van der Waals surface area contributed by atoms with Crippen LogP contribution in [0.5, 0.6) is 0 Å². The molecule has 0 saturated heterocycles. The van der Waals surface area contributed by atoms with Crippen LogP contribution in [0.3, 0.4) is 0 Å². The van der Waals surface area contributed by atoms with Gasteiger partial charge in [-0.25, -0.2) is 0 Å². The van der Waals surface area contributed by atoms with Gasteiger partial charge in [0.05, 0.1) is 11.5 Å². The van der Waals surface area contributed by atoms with Crippen molar-refractivity contribution in [3.8, 4) is 0 Å². The molecule has 0 fully saturated rings. The van der Waals surface area contributed by atoms with Crippen molar-refractivity contribution in [2.45, 2.75) is 116 Å². The fourth-order valence-corrected chi connectivity index (χ4v) is 6.20. The molecule has 34 heavy (non-hydrogen) atoms. The van der Waals surface area contributed by atoms with Crippen LogP contribution in [-0.4, -0.2) is 48.6 Å². The maximum Gasteiger partial charge on any atom is 0.313 e. The van der Waals surface area contributed by atoms with Crippen LogP contribution in [0.4, 0.5) is 0 Å². The molecule has 0 bridgehead atoms. The molecule has 1 aromatic rings. The van der Waals surface area contributed by atoms with E-state index >= 15 is 0 Å². The highest BCUT2D eigenvalue weighted by atomic mass is 32.2. The van der Waals surface area contributed by atoms with Crippen molar-refractivity contribution in [3.05, 3.63) is 16.3 Å². The number of ether oxygens (including phenoxy) is 1. The molecule has 0 radical (unpaired) electrons. The Bertz CT molecular complexity index is 641. The summed E-state index contributed by atoms with van der Waals surface area (Å²) in [4.78, 5) is 28.9. The van der Waals surface area contributed by atoms with Gasteiger partial charge in [0, 0.05) is 11.4 Å². The lowest BCUT2D eigenvalue weighted by molar-refractivity contribution is -0.142. The number of Topliss-reactive ketones (excluding diaryl/α,β-unsaturated/α-hetero) is 1. The summed E-state index contributed by atoms with van der Waals surface area (Å²) >= 11 is 3.19. The normalized spacial score (nSPS) is 11.3. The summed E-state index contributed by atoms with van der Waals surface area (Å²) in [7, 11) is 0. The molecule has 1 rings (SSSR count). The van der Waals surface area contributed by atoms with Gasteiger partial charge in [0.25, 0.3) is 0 Å². The highest BCUT2D eigenvalue weighted by Crippen LogP contribution is 2.29. The van der Waals surface area contributed by atoms with Crippen molar-refractivity contribution in [1.82, 2.24) is 4.90 Å². The first-order valence-electron chi connectivity index (χ1n) is 13.7. The number of ketones is 1. The summed E-state index contributed by atoms with van der Waals surface area (Å²) in [6.07, 6.45) is 16.3. The number of rotatable bonds is 23. The number of carbonyl (C=O) groups is 2. The molecule has 0 spiro atoms. The zero-order chi connectivity index (χ0) is 24.9. The molecule has 0 N–H and O–H groups in total. The van der Waals surface area contributed by atoms with Gasteiger partial charge in [-0.15, -0.1) is 23.1 Å². The van der Waals surface area contributed by atoms with Gasteiger partial charge >= 0.3 is 5.97 Å². The third-order valence-electron chi connectivity index (χ3n) is 5.90. The number of thiophene rings is 1. The SMILES string of the molecule is CCCCCCCCCCCCSc1ccsc1C(=O)CC(=O)OCCCN(CCC)CCC. The lowest BCUT2D eigenvalue weighted by atomic mass is 10.1. The average molecular weight is 512 g/mol. The predicted molar refractivity (Wildman–Crippen MR) is 148 cm³/mol. The van der Waals surface area contributed by atoms with Crippen LogP contribution in [0.1, 0.15) is 120 Å². The lowest BCUT2D eigenvalue weighted by Crippen LogP contribution is -2.27.